The molecule has 0 bridgehead atoms. The molecule has 1 amide bonds. The molecule has 2 N–H and O–H groups in total. The third kappa shape index (κ3) is 2.10. The van der Waals surface area contributed by atoms with Gasteiger partial charge in [0.25, 0.3) is 0 Å². The third-order valence-electron chi connectivity index (χ3n) is 2.97. The number of carbonyl (C=O) groups excluding carboxylic acids is 1. The first-order valence-corrected chi connectivity index (χ1v) is 5.52. The fraction of sp³-hybridized carbons (Fsp3) is 0.417. The largest absolute Gasteiger partial charge is 0.371 e. The number of primary amides is 1. The number of likely N-dealkylation sites (N-methyl/N-ethyl adjacent to an activating group) is 1. The molecule has 1 heterocycles. The number of fused-ring (bicyclic) bond motifs is 1. The Hall–Kier alpha value is -1.71. The van der Waals surface area contributed by atoms with Crippen molar-refractivity contribution in [1.29, 1.82) is 0 Å². The lowest BCUT2D eigenvalue weighted by Crippen LogP contribution is -2.40. The Morgan fingerprint density at radius 2 is 2.00 bits per heavy atom. The summed E-state index contributed by atoms with van der Waals surface area (Å²) in [6, 6.07) is 8.25. The van der Waals surface area contributed by atoms with E-state index in [9.17, 15) is 4.79 Å². The van der Waals surface area contributed by atoms with Gasteiger partial charge in [-0.15, -0.1) is 0 Å². The number of hydrogen-bond acceptors (Lipinski definition) is 3. The molecule has 2 rings (SSSR count). The molecule has 0 fully saturated rings. The first-order chi connectivity index (χ1) is 7.68. The standard InChI is InChI=1S/C12H17N3O/c1-14-8-9-15(7-6-12(13)16)11-5-3-2-4-10(11)14/h2-5H,6-9H2,1H3,(H2,13,16). The van der Waals surface area contributed by atoms with Gasteiger partial charge >= 0.3 is 0 Å². The number of carbonyl (C=O) groups is 1. The van der Waals surface area contributed by atoms with Crippen LogP contribution >= 0.6 is 0 Å². The molecular weight excluding hydrogens is 202 g/mol. The van der Waals surface area contributed by atoms with Crippen LogP contribution in [0.1, 0.15) is 6.42 Å². The van der Waals surface area contributed by atoms with Crippen LogP contribution in [-0.2, 0) is 4.79 Å². The van der Waals surface area contributed by atoms with Crippen LogP contribution in [0.25, 0.3) is 0 Å². The molecule has 0 atom stereocenters. The van der Waals surface area contributed by atoms with Crippen LogP contribution in [0.15, 0.2) is 24.3 Å². The monoisotopic (exact) mass is 219 g/mol. The summed E-state index contributed by atoms with van der Waals surface area (Å²) in [5, 5.41) is 0. The van der Waals surface area contributed by atoms with Gasteiger partial charge in [-0.1, -0.05) is 12.1 Å². The summed E-state index contributed by atoms with van der Waals surface area (Å²) < 4.78 is 0. The lowest BCUT2D eigenvalue weighted by molar-refractivity contribution is -0.117. The minimum Gasteiger partial charge on any atom is -0.371 e. The molecule has 0 spiro atoms. The average molecular weight is 219 g/mol. The molecule has 16 heavy (non-hydrogen) atoms. The van der Waals surface area contributed by atoms with E-state index in [0.717, 1.165) is 13.1 Å². The molecule has 0 saturated heterocycles. The van der Waals surface area contributed by atoms with Gasteiger partial charge < -0.3 is 15.5 Å². The Morgan fingerprint density at radius 1 is 1.31 bits per heavy atom. The van der Waals surface area contributed by atoms with Crippen LogP contribution < -0.4 is 15.5 Å². The molecule has 0 aliphatic carbocycles. The minimum atomic E-state index is -0.239. The molecular formula is C12H17N3O. The second-order valence-corrected chi connectivity index (χ2v) is 4.11. The third-order valence-corrected chi connectivity index (χ3v) is 2.97. The highest BCUT2D eigenvalue weighted by Crippen LogP contribution is 2.31. The number of amides is 1. The van der Waals surface area contributed by atoms with Crippen LogP contribution in [0.2, 0.25) is 0 Å². The quantitative estimate of drug-likeness (QED) is 0.818. The van der Waals surface area contributed by atoms with E-state index in [1.165, 1.54) is 11.4 Å². The van der Waals surface area contributed by atoms with Crippen LogP contribution in [0.4, 0.5) is 11.4 Å². The van der Waals surface area contributed by atoms with Gasteiger partial charge in [-0.25, -0.2) is 0 Å². The second-order valence-electron chi connectivity index (χ2n) is 4.11. The smallest absolute Gasteiger partial charge is 0.219 e. The van der Waals surface area contributed by atoms with Crippen LogP contribution in [0, 0.1) is 0 Å². The van der Waals surface area contributed by atoms with E-state index in [2.05, 4.69) is 29.0 Å². The molecule has 1 aromatic rings. The van der Waals surface area contributed by atoms with Crippen molar-refractivity contribution in [3.05, 3.63) is 24.3 Å². The van der Waals surface area contributed by atoms with Crippen molar-refractivity contribution >= 4 is 17.3 Å². The molecule has 1 aliphatic rings. The summed E-state index contributed by atoms with van der Waals surface area (Å²) in [5.74, 6) is -0.239. The normalized spacial score (nSPS) is 14.8. The van der Waals surface area contributed by atoms with E-state index >= 15 is 0 Å². The van der Waals surface area contributed by atoms with E-state index in [1.54, 1.807) is 0 Å². The zero-order chi connectivity index (χ0) is 11.5. The van der Waals surface area contributed by atoms with Crippen molar-refractivity contribution in [2.75, 3.05) is 36.5 Å². The zero-order valence-electron chi connectivity index (χ0n) is 9.52. The maximum atomic E-state index is 10.8. The molecule has 86 valence electrons. The molecule has 4 nitrogen and oxygen atoms in total. The fourth-order valence-corrected chi connectivity index (χ4v) is 2.04. The molecule has 1 aromatic carbocycles. The van der Waals surface area contributed by atoms with Gasteiger partial charge in [-0.3, -0.25) is 4.79 Å². The highest BCUT2D eigenvalue weighted by atomic mass is 16.1. The topological polar surface area (TPSA) is 49.6 Å². The summed E-state index contributed by atoms with van der Waals surface area (Å²) in [6.07, 6.45) is 0.415. The Kier molecular flexibility index (Phi) is 2.99. The predicted molar refractivity (Wildman–Crippen MR) is 65.7 cm³/mol. The summed E-state index contributed by atoms with van der Waals surface area (Å²) in [6.45, 7) is 2.64. The Bertz CT molecular complexity index is 392. The van der Waals surface area contributed by atoms with Crippen molar-refractivity contribution in [1.82, 2.24) is 0 Å². The van der Waals surface area contributed by atoms with Crippen molar-refractivity contribution in [2.24, 2.45) is 5.73 Å². The Morgan fingerprint density at radius 3 is 2.69 bits per heavy atom. The van der Waals surface area contributed by atoms with E-state index in [4.69, 9.17) is 5.73 Å². The Balaban J connectivity index is 2.18. The first kappa shape index (κ1) is 10.8. The maximum absolute atomic E-state index is 10.8. The van der Waals surface area contributed by atoms with Gasteiger partial charge in [0, 0.05) is 33.1 Å². The number of anilines is 2. The number of para-hydroxylation sites is 2. The highest BCUT2D eigenvalue weighted by molar-refractivity contribution is 5.76. The van der Waals surface area contributed by atoms with Crippen LogP contribution in [-0.4, -0.2) is 32.6 Å². The predicted octanol–water partition coefficient (Wildman–Crippen LogP) is 0.818. The first-order valence-electron chi connectivity index (χ1n) is 5.52. The van der Waals surface area contributed by atoms with Gasteiger partial charge in [-0.2, -0.15) is 0 Å². The molecule has 0 radical (unpaired) electrons. The van der Waals surface area contributed by atoms with Crippen LogP contribution in [0.5, 0.6) is 0 Å². The number of benzene rings is 1. The highest BCUT2D eigenvalue weighted by Gasteiger charge is 2.19. The number of rotatable bonds is 3. The summed E-state index contributed by atoms with van der Waals surface area (Å²) in [4.78, 5) is 15.3. The SMILES string of the molecule is CN1CCN(CCC(N)=O)c2ccccc21. The van der Waals surface area contributed by atoms with E-state index in [1.807, 2.05) is 12.1 Å². The number of nitrogens with two attached hydrogens (primary N) is 1. The average Bonchev–Trinajstić information content (AvgIpc) is 2.28. The minimum absolute atomic E-state index is 0.239. The van der Waals surface area contributed by atoms with Gasteiger partial charge in [0.2, 0.25) is 5.91 Å². The summed E-state index contributed by atoms with van der Waals surface area (Å²) in [5.41, 5.74) is 7.59. The lowest BCUT2D eigenvalue weighted by atomic mass is 10.1. The van der Waals surface area contributed by atoms with Gasteiger partial charge in [0.05, 0.1) is 11.4 Å². The Labute approximate surface area is 95.6 Å². The molecule has 0 aromatic heterocycles. The molecule has 0 saturated carbocycles. The van der Waals surface area contributed by atoms with Gasteiger partial charge in [0.15, 0.2) is 0 Å². The molecule has 4 heteroatoms. The molecule has 0 unspecified atom stereocenters. The lowest BCUT2D eigenvalue weighted by Gasteiger charge is -2.36. The zero-order valence-corrected chi connectivity index (χ0v) is 9.52. The number of hydrogen-bond donors (Lipinski definition) is 1. The van der Waals surface area contributed by atoms with E-state index < -0.39 is 0 Å². The van der Waals surface area contributed by atoms with Crippen molar-refractivity contribution < 1.29 is 4.79 Å². The van der Waals surface area contributed by atoms with Crippen LogP contribution in [0.3, 0.4) is 0 Å². The second kappa shape index (κ2) is 4.43. The van der Waals surface area contributed by atoms with Gasteiger partial charge in [-0.05, 0) is 12.1 Å². The maximum Gasteiger partial charge on any atom is 0.219 e. The summed E-state index contributed by atoms with van der Waals surface area (Å²) >= 11 is 0. The molecule has 1 aliphatic heterocycles. The number of nitrogens with zero attached hydrogens (tertiary/aromatic N) is 2. The van der Waals surface area contributed by atoms with Gasteiger partial charge in [0.1, 0.15) is 0 Å². The van der Waals surface area contributed by atoms with Crippen molar-refractivity contribution in [3.63, 3.8) is 0 Å². The summed E-state index contributed by atoms with van der Waals surface area (Å²) in [7, 11) is 2.09. The van der Waals surface area contributed by atoms with E-state index in [0.29, 0.717) is 13.0 Å². The van der Waals surface area contributed by atoms with E-state index in [-0.39, 0.29) is 5.91 Å². The fourth-order valence-electron chi connectivity index (χ4n) is 2.04. The van der Waals surface area contributed by atoms with Crippen molar-refractivity contribution in [2.45, 2.75) is 6.42 Å². The van der Waals surface area contributed by atoms with Crippen molar-refractivity contribution in [3.8, 4) is 0 Å².